The number of amides is 1. The molecule has 6 nitrogen and oxygen atoms in total. The summed E-state index contributed by atoms with van der Waals surface area (Å²) >= 11 is 1.57. The summed E-state index contributed by atoms with van der Waals surface area (Å²) in [6, 6.07) is 23.3. The number of benzene rings is 3. The van der Waals surface area contributed by atoms with Gasteiger partial charge in [-0.25, -0.2) is 17.7 Å². The molecule has 32 heavy (non-hydrogen) atoms. The Labute approximate surface area is 191 Å². The lowest BCUT2D eigenvalue weighted by Crippen LogP contribution is -2.22. The summed E-state index contributed by atoms with van der Waals surface area (Å²) in [6.07, 6.45) is 0. The quantitative estimate of drug-likeness (QED) is 0.437. The van der Waals surface area contributed by atoms with E-state index in [2.05, 4.69) is 5.32 Å². The van der Waals surface area contributed by atoms with Crippen LogP contribution in [0.25, 0.3) is 21.8 Å². The van der Waals surface area contributed by atoms with Crippen LogP contribution in [0.1, 0.15) is 10.4 Å². The van der Waals surface area contributed by atoms with Gasteiger partial charge in [0.15, 0.2) is 0 Å². The van der Waals surface area contributed by atoms with Gasteiger partial charge in [0.1, 0.15) is 5.01 Å². The summed E-state index contributed by atoms with van der Waals surface area (Å²) in [4.78, 5) is 17.5. The van der Waals surface area contributed by atoms with Crippen molar-refractivity contribution in [1.82, 2.24) is 9.29 Å². The second kappa shape index (κ2) is 9.04. The highest BCUT2D eigenvalue weighted by molar-refractivity contribution is 7.89. The summed E-state index contributed by atoms with van der Waals surface area (Å²) in [5.41, 5.74) is 3.80. The fraction of sp³-hybridized carbons (Fsp3) is 0.0833. The number of nitrogens with zero attached hydrogens (tertiary/aromatic N) is 2. The smallest absolute Gasteiger partial charge is 0.255 e. The molecule has 3 aromatic carbocycles. The Morgan fingerprint density at radius 1 is 0.906 bits per heavy atom. The molecule has 0 atom stereocenters. The van der Waals surface area contributed by atoms with Crippen molar-refractivity contribution in [3.63, 3.8) is 0 Å². The first kappa shape index (κ1) is 21.9. The van der Waals surface area contributed by atoms with Crippen molar-refractivity contribution in [1.29, 1.82) is 0 Å². The lowest BCUT2D eigenvalue weighted by atomic mass is 10.1. The van der Waals surface area contributed by atoms with Gasteiger partial charge in [-0.15, -0.1) is 11.3 Å². The number of anilines is 1. The molecule has 1 N–H and O–H groups in total. The van der Waals surface area contributed by atoms with Crippen molar-refractivity contribution in [3.05, 3.63) is 89.8 Å². The highest BCUT2D eigenvalue weighted by atomic mass is 32.2. The van der Waals surface area contributed by atoms with Crippen LogP contribution in [-0.4, -0.2) is 37.7 Å². The molecule has 0 bridgehead atoms. The molecule has 0 aliphatic carbocycles. The molecule has 162 valence electrons. The minimum Gasteiger partial charge on any atom is -0.322 e. The van der Waals surface area contributed by atoms with E-state index >= 15 is 0 Å². The number of nitrogens with one attached hydrogen (secondary N) is 1. The van der Waals surface area contributed by atoms with E-state index in [1.807, 2.05) is 53.9 Å². The normalized spacial score (nSPS) is 11.5. The molecule has 0 aliphatic rings. The molecule has 1 heterocycles. The topological polar surface area (TPSA) is 79.4 Å². The molecule has 0 saturated heterocycles. The maximum Gasteiger partial charge on any atom is 0.255 e. The number of hydrogen-bond acceptors (Lipinski definition) is 5. The summed E-state index contributed by atoms with van der Waals surface area (Å²) in [5, 5.41) is 5.79. The second-order valence-corrected chi connectivity index (χ2v) is 10.3. The molecule has 8 heteroatoms. The maximum atomic E-state index is 12.7. The van der Waals surface area contributed by atoms with Crippen LogP contribution < -0.4 is 5.32 Å². The standard InChI is InChI=1S/C24H21N3O3S2/c1-27(2)32(29,30)21-13-11-17(12-14-21)23(28)25-20-10-6-9-19(15-20)22-16-31-24(26-22)18-7-4-3-5-8-18/h3-16H,1-2H3,(H,25,28). The van der Waals surface area contributed by atoms with Crippen molar-refractivity contribution in [3.8, 4) is 21.8 Å². The molecule has 1 amide bonds. The summed E-state index contributed by atoms with van der Waals surface area (Å²) in [6.45, 7) is 0. The Bertz CT molecular complexity index is 1350. The molecule has 0 unspecified atom stereocenters. The van der Waals surface area contributed by atoms with Gasteiger partial charge in [-0.05, 0) is 36.4 Å². The summed E-state index contributed by atoms with van der Waals surface area (Å²) in [7, 11) is -0.604. The number of aromatic nitrogens is 1. The van der Waals surface area contributed by atoms with Crippen molar-refractivity contribution >= 4 is 33.0 Å². The summed E-state index contributed by atoms with van der Waals surface area (Å²) in [5.74, 6) is -0.320. The number of carbonyl (C=O) groups excluding carboxylic acids is 1. The second-order valence-electron chi connectivity index (χ2n) is 7.25. The lowest BCUT2D eigenvalue weighted by molar-refractivity contribution is 0.102. The molecular formula is C24H21N3O3S2. The van der Waals surface area contributed by atoms with E-state index in [-0.39, 0.29) is 10.8 Å². The van der Waals surface area contributed by atoms with Gasteiger partial charge in [-0.3, -0.25) is 4.79 Å². The first-order chi connectivity index (χ1) is 15.3. The van der Waals surface area contributed by atoms with E-state index in [1.165, 1.54) is 38.4 Å². The number of sulfonamides is 1. The summed E-state index contributed by atoms with van der Waals surface area (Å²) < 4.78 is 25.5. The zero-order valence-electron chi connectivity index (χ0n) is 17.5. The Balaban J connectivity index is 1.51. The fourth-order valence-corrected chi connectivity index (χ4v) is 4.81. The minimum absolute atomic E-state index is 0.138. The van der Waals surface area contributed by atoms with E-state index < -0.39 is 10.0 Å². The van der Waals surface area contributed by atoms with E-state index in [0.717, 1.165) is 26.1 Å². The van der Waals surface area contributed by atoms with Crippen LogP contribution in [0, 0.1) is 0 Å². The highest BCUT2D eigenvalue weighted by Crippen LogP contribution is 2.30. The van der Waals surface area contributed by atoms with Gasteiger partial charge in [0.05, 0.1) is 10.6 Å². The van der Waals surface area contributed by atoms with Crippen molar-refractivity contribution in [2.75, 3.05) is 19.4 Å². The number of hydrogen-bond donors (Lipinski definition) is 1. The van der Waals surface area contributed by atoms with Crippen LogP contribution in [0.4, 0.5) is 5.69 Å². The highest BCUT2D eigenvalue weighted by Gasteiger charge is 2.17. The molecule has 4 aromatic rings. The fourth-order valence-electron chi connectivity index (χ4n) is 3.07. The van der Waals surface area contributed by atoms with Crippen molar-refractivity contribution in [2.45, 2.75) is 4.90 Å². The van der Waals surface area contributed by atoms with Crippen molar-refractivity contribution in [2.24, 2.45) is 0 Å². The monoisotopic (exact) mass is 463 g/mol. The first-order valence-corrected chi connectivity index (χ1v) is 12.1. The van der Waals surface area contributed by atoms with Gasteiger partial charge < -0.3 is 5.32 Å². The number of carbonyl (C=O) groups is 1. The van der Waals surface area contributed by atoms with Gasteiger partial charge in [0.25, 0.3) is 5.91 Å². The molecule has 1 aromatic heterocycles. The predicted octanol–water partition coefficient (Wildman–Crippen LogP) is 4.98. The zero-order valence-corrected chi connectivity index (χ0v) is 19.2. The number of thiazole rings is 1. The Hall–Kier alpha value is -3.33. The Morgan fingerprint density at radius 3 is 2.28 bits per heavy atom. The van der Waals surface area contributed by atoms with Crippen molar-refractivity contribution < 1.29 is 13.2 Å². The minimum atomic E-state index is -3.54. The average Bonchev–Trinajstić information content (AvgIpc) is 3.30. The van der Waals surface area contributed by atoms with Crippen LogP contribution in [0.5, 0.6) is 0 Å². The third-order valence-electron chi connectivity index (χ3n) is 4.84. The van der Waals surface area contributed by atoms with Crippen LogP contribution in [-0.2, 0) is 10.0 Å². The molecule has 0 radical (unpaired) electrons. The molecule has 0 spiro atoms. The predicted molar refractivity (Wildman–Crippen MR) is 128 cm³/mol. The van der Waals surface area contributed by atoms with Gasteiger partial charge in [-0.2, -0.15) is 0 Å². The Morgan fingerprint density at radius 2 is 1.59 bits per heavy atom. The SMILES string of the molecule is CN(C)S(=O)(=O)c1ccc(C(=O)Nc2cccc(-c3csc(-c4ccccc4)n3)c2)cc1. The van der Waals surface area contributed by atoms with Gasteiger partial charge in [0, 0.05) is 41.9 Å². The average molecular weight is 464 g/mol. The molecule has 0 saturated carbocycles. The third-order valence-corrected chi connectivity index (χ3v) is 7.56. The van der Waals surface area contributed by atoms with Crippen LogP contribution >= 0.6 is 11.3 Å². The van der Waals surface area contributed by atoms with E-state index in [1.54, 1.807) is 17.4 Å². The molecular weight excluding hydrogens is 442 g/mol. The number of rotatable bonds is 6. The van der Waals surface area contributed by atoms with Crippen LogP contribution in [0.15, 0.2) is 89.1 Å². The molecule has 0 fully saturated rings. The van der Waals surface area contributed by atoms with Gasteiger partial charge in [0.2, 0.25) is 10.0 Å². The maximum absolute atomic E-state index is 12.7. The molecule has 0 aliphatic heterocycles. The molecule has 4 rings (SSSR count). The van der Waals surface area contributed by atoms with E-state index in [0.29, 0.717) is 11.3 Å². The van der Waals surface area contributed by atoms with E-state index in [9.17, 15) is 13.2 Å². The third kappa shape index (κ3) is 4.62. The van der Waals surface area contributed by atoms with E-state index in [4.69, 9.17) is 4.98 Å². The zero-order chi connectivity index (χ0) is 22.7. The lowest BCUT2D eigenvalue weighted by Gasteiger charge is -2.12. The Kier molecular flexibility index (Phi) is 6.18. The largest absolute Gasteiger partial charge is 0.322 e. The van der Waals surface area contributed by atoms with Crippen LogP contribution in [0.3, 0.4) is 0 Å². The van der Waals surface area contributed by atoms with Gasteiger partial charge >= 0.3 is 0 Å². The van der Waals surface area contributed by atoms with Gasteiger partial charge in [-0.1, -0.05) is 42.5 Å². The van der Waals surface area contributed by atoms with Crippen LogP contribution in [0.2, 0.25) is 0 Å². The first-order valence-electron chi connectivity index (χ1n) is 9.80.